The molecule has 1 saturated carbocycles. The van der Waals surface area contributed by atoms with E-state index in [0.29, 0.717) is 11.3 Å². The van der Waals surface area contributed by atoms with Gasteiger partial charge in [-0.2, -0.15) is 0 Å². The molecule has 2 aromatic rings. The van der Waals surface area contributed by atoms with Crippen LogP contribution in [0.4, 0.5) is 4.39 Å². The van der Waals surface area contributed by atoms with Gasteiger partial charge in [-0.3, -0.25) is 4.79 Å². The predicted octanol–water partition coefficient (Wildman–Crippen LogP) is 2.54. The Morgan fingerprint density at radius 3 is 2.69 bits per heavy atom. The van der Waals surface area contributed by atoms with E-state index in [4.69, 9.17) is 0 Å². The van der Waals surface area contributed by atoms with Crippen molar-refractivity contribution in [3.05, 3.63) is 47.5 Å². The van der Waals surface area contributed by atoms with Gasteiger partial charge in [0.2, 0.25) is 0 Å². The van der Waals surface area contributed by atoms with Gasteiger partial charge < -0.3 is 10.2 Å². The molecule has 0 atom stereocenters. The summed E-state index contributed by atoms with van der Waals surface area (Å²) in [6, 6.07) is 7.08. The van der Waals surface area contributed by atoms with Crippen molar-refractivity contribution in [2.45, 2.75) is 50.7 Å². The van der Waals surface area contributed by atoms with Gasteiger partial charge in [-0.25, -0.2) is 9.07 Å². The summed E-state index contributed by atoms with van der Waals surface area (Å²) in [6.07, 6.45) is 6.75. The van der Waals surface area contributed by atoms with Crippen LogP contribution in [0.15, 0.2) is 30.5 Å². The fourth-order valence-electron chi connectivity index (χ4n) is 3.65. The number of rotatable bonds is 5. The summed E-state index contributed by atoms with van der Waals surface area (Å²) >= 11 is 0. The Hall–Kier alpha value is -2.28. The normalized spacial score (nSPS) is 18.5. The summed E-state index contributed by atoms with van der Waals surface area (Å²) in [5.41, 5.74) is 0.894. The maximum atomic E-state index is 14.1. The number of amides is 1. The minimum atomic E-state index is -0.275. The van der Waals surface area contributed by atoms with Gasteiger partial charge in [-0.15, -0.1) is 5.10 Å². The van der Waals surface area contributed by atoms with Crippen LogP contribution in [-0.2, 0) is 6.54 Å². The molecular weight excluding hydrogens is 333 g/mol. The van der Waals surface area contributed by atoms with Gasteiger partial charge in [-0.1, -0.05) is 23.4 Å². The third kappa shape index (κ3) is 3.49. The van der Waals surface area contributed by atoms with Crippen molar-refractivity contribution in [3.63, 3.8) is 0 Å². The summed E-state index contributed by atoms with van der Waals surface area (Å²) in [7, 11) is 0. The highest BCUT2D eigenvalue weighted by atomic mass is 19.1. The zero-order valence-corrected chi connectivity index (χ0v) is 14.8. The number of carbonyl (C=O) groups excluding carboxylic acids is 1. The van der Waals surface area contributed by atoms with Gasteiger partial charge in [0.05, 0.1) is 12.2 Å². The molecule has 2 heterocycles. The summed E-state index contributed by atoms with van der Waals surface area (Å²) < 4.78 is 15.9. The largest absolute Gasteiger partial charge is 0.330 e. The van der Waals surface area contributed by atoms with E-state index in [0.717, 1.165) is 45.2 Å². The zero-order valence-electron chi connectivity index (χ0n) is 14.8. The smallest absolute Gasteiger partial charge is 0.276 e. The number of nitrogens with one attached hydrogen (secondary N) is 1. The lowest BCUT2D eigenvalue weighted by molar-refractivity contribution is 0.0548. The summed E-state index contributed by atoms with van der Waals surface area (Å²) in [4.78, 5) is 14.8. The number of hydrogen-bond acceptors (Lipinski definition) is 4. The minimum Gasteiger partial charge on any atom is -0.330 e. The van der Waals surface area contributed by atoms with Crippen LogP contribution >= 0.6 is 0 Å². The van der Waals surface area contributed by atoms with Crippen LogP contribution in [0.2, 0.25) is 0 Å². The fourth-order valence-corrected chi connectivity index (χ4v) is 3.65. The maximum absolute atomic E-state index is 14.1. The van der Waals surface area contributed by atoms with Crippen molar-refractivity contribution in [3.8, 4) is 0 Å². The first-order chi connectivity index (χ1) is 12.7. The quantitative estimate of drug-likeness (QED) is 0.893. The number of piperidine rings is 1. The Kier molecular flexibility index (Phi) is 4.97. The lowest BCUT2D eigenvalue weighted by Crippen LogP contribution is -2.44. The van der Waals surface area contributed by atoms with Crippen LogP contribution in [0.5, 0.6) is 0 Å². The SMILES string of the molecule is O=C(c1cn(C2CCNCC2)nn1)N(Cc1ccccc1F)C1CCC1. The average Bonchev–Trinajstić information content (AvgIpc) is 3.12. The number of carbonyl (C=O) groups is 1. The Bertz CT molecular complexity index is 767. The van der Waals surface area contributed by atoms with E-state index < -0.39 is 0 Å². The van der Waals surface area contributed by atoms with Crippen LogP contribution in [0.1, 0.15) is 54.2 Å². The third-order valence-corrected chi connectivity index (χ3v) is 5.49. The van der Waals surface area contributed by atoms with Gasteiger partial charge in [0.25, 0.3) is 5.91 Å². The highest BCUT2D eigenvalue weighted by molar-refractivity contribution is 5.92. The second kappa shape index (κ2) is 7.53. The molecule has 0 radical (unpaired) electrons. The second-order valence-corrected chi connectivity index (χ2v) is 7.17. The Morgan fingerprint density at radius 2 is 2.00 bits per heavy atom. The monoisotopic (exact) mass is 357 g/mol. The van der Waals surface area contributed by atoms with Crippen LogP contribution in [0, 0.1) is 5.82 Å². The number of hydrogen-bond donors (Lipinski definition) is 1. The lowest BCUT2D eigenvalue weighted by Gasteiger charge is -2.37. The molecule has 138 valence electrons. The van der Waals surface area contributed by atoms with E-state index in [-0.39, 0.29) is 30.4 Å². The molecule has 1 N–H and O–H groups in total. The number of nitrogens with zero attached hydrogens (tertiary/aromatic N) is 4. The molecule has 0 spiro atoms. The molecule has 0 unspecified atom stereocenters. The van der Waals surface area contributed by atoms with Crippen LogP contribution in [0.25, 0.3) is 0 Å². The molecule has 2 aliphatic rings. The lowest BCUT2D eigenvalue weighted by atomic mass is 9.90. The molecular formula is C19H24FN5O. The van der Waals surface area contributed by atoms with Gasteiger partial charge in [0, 0.05) is 18.2 Å². The minimum absolute atomic E-state index is 0.155. The molecule has 1 amide bonds. The van der Waals surface area contributed by atoms with E-state index in [1.54, 1.807) is 29.3 Å². The first-order valence-electron chi connectivity index (χ1n) is 9.39. The molecule has 7 heteroatoms. The van der Waals surface area contributed by atoms with E-state index in [2.05, 4.69) is 15.6 Å². The number of halogens is 1. The molecule has 1 saturated heterocycles. The molecule has 1 aromatic carbocycles. The van der Waals surface area contributed by atoms with E-state index in [1.165, 1.54) is 6.07 Å². The first kappa shape index (κ1) is 17.1. The summed E-state index contributed by atoms with van der Waals surface area (Å²) in [5, 5.41) is 11.6. The Balaban J connectivity index is 1.53. The highest BCUT2D eigenvalue weighted by Crippen LogP contribution is 2.28. The fraction of sp³-hybridized carbons (Fsp3) is 0.526. The maximum Gasteiger partial charge on any atom is 0.276 e. The molecule has 1 aromatic heterocycles. The Labute approximate surface area is 152 Å². The highest BCUT2D eigenvalue weighted by Gasteiger charge is 2.31. The third-order valence-electron chi connectivity index (χ3n) is 5.49. The van der Waals surface area contributed by atoms with Crippen LogP contribution in [-0.4, -0.2) is 44.9 Å². The van der Waals surface area contributed by atoms with Crippen molar-refractivity contribution in [1.29, 1.82) is 0 Å². The van der Waals surface area contributed by atoms with Crippen molar-refractivity contribution >= 4 is 5.91 Å². The van der Waals surface area contributed by atoms with Gasteiger partial charge in [0.1, 0.15) is 5.82 Å². The predicted molar refractivity (Wildman–Crippen MR) is 95.1 cm³/mol. The molecule has 26 heavy (non-hydrogen) atoms. The van der Waals surface area contributed by atoms with Crippen molar-refractivity contribution in [2.75, 3.05) is 13.1 Å². The van der Waals surface area contributed by atoms with Crippen LogP contribution < -0.4 is 5.32 Å². The van der Waals surface area contributed by atoms with Gasteiger partial charge in [-0.05, 0) is 51.3 Å². The van der Waals surface area contributed by atoms with Gasteiger partial charge >= 0.3 is 0 Å². The molecule has 6 nitrogen and oxygen atoms in total. The van der Waals surface area contributed by atoms with Crippen LogP contribution in [0.3, 0.4) is 0 Å². The molecule has 1 aliphatic heterocycles. The van der Waals surface area contributed by atoms with Crippen molar-refractivity contribution < 1.29 is 9.18 Å². The first-order valence-corrected chi connectivity index (χ1v) is 9.39. The standard InChI is InChI=1S/C19H24FN5O/c20-17-7-2-1-4-14(17)12-24(15-5-3-6-15)19(26)18-13-25(23-22-18)16-8-10-21-11-9-16/h1-2,4,7,13,15-16,21H,3,5-6,8-12H2. The molecule has 0 bridgehead atoms. The summed E-state index contributed by atoms with van der Waals surface area (Å²) in [5.74, 6) is -0.430. The van der Waals surface area contributed by atoms with Crippen molar-refractivity contribution in [2.24, 2.45) is 0 Å². The number of aromatic nitrogens is 3. The van der Waals surface area contributed by atoms with E-state index in [9.17, 15) is 9.18 Å². The average molecular weight is 357 g/mol. The second-order valence-electron chi connectivity index (χ2n) is 7.17. The zero-order chi connectivity index (χ0) is 17.9. The topological polar surface area (TPSA) is 63.1 Å². The van der Waals surface area contributed by atoms with E-state index >= 15 is 0 Å². The van der Waals surface area contributed by atoms with E-state index in [1.807, 2.05) is 4.68 Å². The van der Waals surface area contributed by atoms with Crippen molar-refractivity contribution in [1.82, 2.24) is 25.2 Å². The molecule has 1 aliphatic carbocycles. The molecule has 4 rings (SSSR count). The number of benzene rings is 1. The Morgan fingerprint density at radius 1 is 1.23 bits per heavy atom. The summed E-state index contributed by atoms with van der Waals surface area (Å²) in [6.45, 7) is 2.18. The van der Waals surface area contributed by atoms with Gasteiger partial charge in [0.15, 0.2) is 5.69 Å². The molecule has 2 fully saturated rings.